The van der Waals surface area contributed by atoms with Crippen LogP contribution in [0.5, 0.6) is 0 Å². The number of benzene rings is 1. The van der Waals surface area contributed by atoms with Crippen molar-refractivity contribution >= 4 is 11.8 Å². The van der Waals surface area contributed by atoms with E-state index in [2.05, 4.69) is 10.6 Å². The van der Waals surface area contributed by atoms with E-state index < -0.39 is 0 Å². The quantitative estimate of drug-likeness (QED) is 0.809. The first kappa shape index (κ1) is 16.5. The second-order valence-corrected chi connectivity index (χ2v) is 5.64. The molecule has 22 heavy (non-hydrogen) atoms. The van der Waals surface area contributed by atoms with E-state index in [0.29, 0.717) is 6.54 Å². The number of amides is 2. The van der Waals surface area contributed by atoms with Gasteiger partial charge in [0.2, 0.25) is 11.8 Å². The molecular weight excluding hydrogens is 280 g/mol. The molecule has 1 saturated heterocycles. The highest BCUT2D eigenvalue weighted by Crippen LogP contribution is 2.12. The third-order valence-electron chi connectivity index (χ3n) is 3.81. The van der Waals surface area contributed by atoms with E-state index in [1.54, 1.807) is 0 Å². The fourth-order valence-electron chi connectivity index (χ4n) is 2.49. The van der Waals surface area contributed by atoms with Crippen LogP contribution in [0.4, 0.5) is 0 Å². The van der Waals surface area contributed by atoms with Gasteiger partial charge in [0.1, 0.15) is 0 Å². The van der Waals surface area contributed by atoms with Gasteiger partial charge in [-0.25, -0.2) is 0 Å². The van der Waals surface area contributed by atoms with Gasteiger partial charge in [-0.2, -0.15) is 0 Å². The van der Waals surface area contributed by atoms with Crippen LogP contribution in [0.2, 0.25) is 0 Å². The average Bonchev–Trinajstić information content (AvgIpc) is 3.05. The number of ether oxygens (including phenoxy) is 1. The van der Waals surface area contributed by atoms with Crippen LogP contribution in [-0.2, 0) is 14.3 Å². The monoisotopic (exact) mass is 304 g/mol. The standard InChI is InChI=1S/C17H24N2O3/c1-13(14-6-3-2-4-7-14)19-17(21)10-9-16(20)18-12-15-8-5-11-22-15/h2-4,6-7,13,15H,5,8-12H2,1H3,(H,18,20)(H,19,21)/t13-,15-/m1/s1. The lowest BCUT2D eigenvalue weighted by atomic mass is 10.1. The van der Waals surface area contributed by atoms with Gasteiger partial charge in [0.05, 0.1) is 12.1 Å². The summed E-state index contributed by atoms with van der Waals surface area (Å²) in [4.78, 5) is 23.6. The molecule has 0 bridgehead atoms. The van der Waals surface area contributed by atoms with Gasteiger partial charge >= 0.3 is 0 Å². The zero-order valence-corrected chi connectivity index (χ0v) is 13.0. The topological polar surface area (TPSA) is 67.4 Å². The maximum atomic E-state index is 11.9. The molecule has 2 atom stereocenters. The normalized spacial score (nSPS) is 18.7. The number of carbonyl (C=O) groups excluding carboxylic acids is 2. The summed E-state index contributed by atoms with van der Waals surface area (Å²) in [5, 5.41) is 5.73. The lowest BCUT2D eigenvalue weighted by Crippen LogP contribution is -2.33. The highest BCUT2D eigenvalue weighted by Gasteiger charge is 2.16. The molecule has 2 rings (SSSR count). The van der Waals surface area contributed by atoms with Crippen LogP contribution in [0, 0.1) is 0 Å². The minimum atomic E-state index is -0.108. The maximum absolute atomic E-state index is 11.9. The fourth-order valence-corrected chi connectivity index (χ4v) is 2.49. The summed E-state index contributed by atoms with van der Waals surface area (Å²) in [5.74, 6) is -0.207. The van der Waals surface area contributed by atoms with Crippen LogP contribution in [0.1, 0.15) is 44.2 Å². The number of nitrogens with one attached hydrogen (secondary N) is 2. The minimum absolute atomic E-state index is 0.0522. The number of rotatable bonds is 7. The third-order valence-corrected chi connectivity index (χ3v) is 3.81. The zero-order chi connectivity index (χ0) is 15.8. The molecule has 120 valence electrons. The molecule has 1 aliphatic rings. The molecule has 0 spiro atoms. The Labute approximate surface area is 131 Å². The molecule has 5 heteroatoms. The number of hydrogen-bond acceptors (Lipinski definition) is 3. The van der Waals surface area contributed by atoms with Crippen LogP contribution in [0.25, 0.3) is 0 Å². The lowest BCUT2D eigenvalue weighted by Gasteiger charge is -2.14. The summed E-state index contributed by atoms with van der Waals surface area (Å²) < 4.78 is 5.44. The van der Waals surface area contributed by atoms with E-state index >= 15 is 0 Å². The zero-order valence-electron chi connectivity index (χ0n) is 13.0. The van der Waals surface area contributed by atoms with Crippen LogP contribution in [0.3, 0.4) is 0 Å². The van der Waals surface area contributed by atoms with Crippen molar-refractivity contribution in [3.8, 4) is 0 Å². The SMILES string of the molecule is C[C@@H](NC(=O)CCC(=O)NC[C@H]1CCCO1)c1ccccc1. The van der Waals surface area contributed by atoms with E-state index in [-0.39, 0.29) is 36.8 Å². The summed E-state index contributed by atoms with van der Waals surface area (Å²) >= 11 is 0. The first-order valence-electron chi connectivity index (χ1n) is 7.88. The average molecular weight is 304 g/mol. The highest BCUT2D eigenvalue weighted by molar-refractivity contribution is 5.83. The van der Waals surface area contributed by atoms with Crippen LogP contribution < -0.4 is 10.6 Å². The van der Waals surface area contributed by atoms with Crippen LogP contribution in [0.15, 0.2) is 30.3 Å². The molecule has 1 heterocycles. The van der Waals surface area contributed by atoms with Crippen LogP contribution in [-0.4, -0.2) is 31.1 Å². The van der Waals surface area contributed by atoms with Crippen molar-refractivity contribution in [3.05, 3.63) is 35.9 Å². The summed E-state index contributed by atoms with van der Waals surface area (Å²) in [6.45, 7) is 3.26. The summed E-state index contributed by atoms with van der Waals surface area (Å²) in [6.07, 6.45) is 2.60. The van der Waals surface area contributed by atoms with Gasteiger partial charge in [0.25, 0.3) is 0 Å². The molecule has 1 fully saturated rings. The van der Waals surface area contributed by atoms with E-state index in [4.69, 9.17) is 4.74 Å². The van der Waals surface area contributed by atoms with Crippen molar-refractivity contribution in [2.75, 3.05) is 13.2 Å². The van der Waals surface area contributed by atoms with Gasteiger partial charge in [0, 0.05) is 26.0 Å². The van der Waals surface area contributed by atoms with Crippen molar-refractivity contribution in [2.45, 2.75) is 44.8 Å². The largest absolute Gasteiger partial charge is 0.376 e. The van der Waals surface area contributed by atoms with E-state index in [1.807, 2.05) is 37.3 Å². The Morgan fingerprint density at radius 1 is 1.23 bits per heavy atom. The Morgan fingerprint density at radius 3 is 2.64 bits per heavy atom. The van der Waals surface area contributed by atoms with Gasteiger partial charge in [-0.3, -0.25) is 9.59 Å². The molecule has 0 aromatic heterocycles. The molecule has 0 saturated carbocycles. The van der Waals surface area contributed by atoms with Gasteiger partial charge in [-0.05, 0) is 25.3 Å². The summed E-state index contributed by atoms with van der Waals surface area (Å²) in [5.41, 5.74) is 1.05. The third kappa shape index (κ3) is 5.48. The Balaban J connectivity index is 1.63. The lowest BCUT2D eigenvalue weighted by molar-refractivity contribution is -0.127. The van der Waals surface area contributed by atoms with E-state index in [1.165, 1.54) is 0 Å². The molecule has 1 aromatic carbocycles. The van der Waals surface area contributed by atoms with Crippen LogP contribution >= 0.6 is 0 Å². The number of hydrogen-bond donors (Lipinski definition) is 2. The van der Waals surface area contributed by atoms with Crippen molar-refractivity contribution in [2.24, 2.45) is 0 Å². The molecule has 0 aliphatic carbocycles. The summed E-state index contributed by atoms with van der Waals surface area (Å²) in [7, 11) is 0. The molecule has 0 radical (unpaired) electrons. The molecular formula is C17H24N2O3. The smallest absolute Gasteiger partial charge is 0.220 e. The van der Waals surface area contributed by atoms with Crippen molar-refractivity contribution in [3.63, 3.8) is 0 Å². The predicted octanol–water partition coefficient (Wildman–Crippen LogP) is 1.94. The van der Waals surface area contributed by atoms with Crippen molar-refractivity contribution in [1.82, 2.24) is 10.6 Å². The fraction of sp³-hybridized carbons (Fsp3) is 0.529. The first-order valence-corrected chi connectivity index (χ1v) is 7.88. The van der Waals surface area contributed by atoms with Gasteiger partial charge < -0.3 is 15.4 Å². The number of carbonyl (C=O) groups is 2. The molecule has 2 N–H and O–H groups in total. The Morgan fingerprint density at radius 2 is 1.95 bits per heavy atom. The van der Waals surface area contributed by atoms with Crippen molar-refractivity contribution in [1.29, 1.82) is 0 Å². The van der Waals surface area contributed by atoms with E-state index in [0.717, 1.165) is 25.0 Å². The van der Waals surface area contributed by atoms with Gasteiger partial charge in [-0.1, -0.05) is 30.3 Å². The Hall–Kier alpha value is -1.88. The van der Waals surface area contributed by atoms with Gasteiger partial charge in [-0.15, -0.1) is 0 Å². The van der Waals surface area contributed by atoms with E-state index in [9.17, 15) is 9.59 Å². The molecule has 1 aromatic rings. The molecule has 2 amide bonds. The minimum Gasteiger partial charge on any atom is -0.376 e. The second kappa shape index (κ2) is 8.54. The van der Waals surface area contributed by atoms with Gasteiger partial charge in [0.15, 0.2) is 0 Å². The highest BCUT2D eigenvalue weighted by atomic mass is 16.5. The Bertz CT molecular complexity index is 484. The molecule has 1 aliphatic heterocycles. The molecule has 0 unspecified atom stereocenters. The van der Waals surface area contributed by atoms with Crippen molar-refractivity contribution < 1.29 is 14.3 Å². The second-order valence-electron chi connectivity index (χ2n) is 5.64. The first-order chi connectivity index (χ1) is 10.6. The molecule has 5 nitrogen and oxygen atoms in total. The Kier molecular flexibility index (Phi) is 6.40. The maximum Gasteiger partial charge on any atom is 0.220 e. The predicted molar refractivity (Wildman–Crippen MR) is 84.2 cm³/mol. The summed E-state index contributed by atoms with van der Waals surface area (Å²) in [6, 6.07) is 9.71.